The summed E-state index contributed by atoms with van der Waals surface area (Å²) in [6, 6.07) is 0. The van der Waals surface area contributed by atoms with E-state index in [0.717, 1.165) is 5.57 Å². The molecule has 1 unspecified atom stereocenters. The molecule has 0 aromatic carbocycles. The second kappa shape index (κ2) is 9.18. The molecule has 1 atom stereocenters. The van der Waals surface area contributed by atoms with E-state index >= 15 is 0 Å². The molecule has 0 bridgehead atoms. The van der Waals surface area contributed by atoms with Gasteiger partial charge in [-0.15, -0.1) is 0 Å². The second-order valence-corrected chi connectivity index (χ2v) is 3.58. The number of nitrogens with zero attached hydrogens (tertiary/aromatic N) is 1. The third kappa shape index (κ3) is 9.48. The van der Waals surface area contributed by atoms with Crippen LogP contribution in [0.4, 0.5) is 0 Å². The first-order valence-corrected chi connectivity index (χ1v) is 5.38. The van der Waals surface area contributed by atoms with E-state index in [1.54, 1.807) is 6.92 Å². The Morgan fingerprint density at radius 2 is 2.19 bits per heavy atom. The van der Waals surface area contributed by atoms with Gasteiger partial charge in [0.15, 0.2) is 0 Å². The summed E-state index contributed by atoms with van der Waals surface area (Å²) in [5.74, 6) is 0.463. The van der Waals surface area contributed by atoms with Gasteiger partial charge >= 0.3 is 0 Å². The molecular weight excluding hydrogens is 208 g/mol. The smallest absolute Gasteiger partial charge is 0.222 e. The largest absolute Gasteiger partial charge is 0.479 e. The lowest BCUT2D eigenvalue weighted by molar-refractivity contribution is 0.0371. The molecule has 0 heterocycles. The van der Waals surface area contributed by atoms with Crippen LogP contribution in [0.2, 0.25) is 0 Å². The van der Waals surface area contributed by atoms with Crippen LogP contribution in [-0.4, -0.2) is 43.4 Å². The monoisotopic (exact) mass is 230 g/mol. The van der Waals surface area contributed by atoms with E-state index in [9.17, 15) is 5.11 Å². The maximum absolute atomic E-state index is 9.48. The van der Waals surface area contributed by atoms with Gasteiger partial charge in [-0.25, -0.2) is 0 Å². The van der Waals surface area contributed by atoms with Crippen LogP contribution < -0.4 is 5.32 Å². The Bertz CT molecular complexity index is 229. The van der Waals surface area contributed by atoms with Gasteiger partial charge in [0.1, 0.15) is 12.7 Å². The van der Waals surface area contributed by atoms with Crippen LogP contribution in [0.3, 0.4) is 0 Å². The van der Waals surface area contributed by atoms with E-state index in [1.807, 2.05) is 13.8 Å². The molecule has 0 spiro atoms. The third-order valence-corrected chi connectivity index (χ3v) is 1.62. The highest BCUT2D eigenvalue weighted by molar-refractivity contribution is 5.72. The first-order valence-electron chi connectivity index (χ1n) is 5.38. The maximum atomic E-state index is 9.48. The van der Waals surface area contributed by atoms with Crippen LogP contribution >= 0.6 is 0 Å². The van der Waals surface area contributed by atoms with Crippen molar-refractivity contribution in [3.63, 3.8) is 0 Å². The summed E-state index contributed by atoms with van der Waals surface area (Å²) in [6.07, 6.45) is -0.586. The molecule has 5 nitrogen and oxygen atoms in total. The van der Waals surface area contributed by atoms with Gasteiger partial charge in [0, 0.05) is 20.0 Å². The van der Waals surface area contributed by atoms with Gasteiger partial charge in [0.05, 0.1) is 6.61 Å². The van der Waals surface area contributed by atoms with Crippen molar-refractivity contribution in [3.05, 3.63) is 12.2 Å². The first-order chi connectivity index (χ1) is 7.56. The van der Waals surface area contributed by atoms with Crippen LogP contribution in [0, 0.1) is 0 Å². The fourth-order valence-corrected chi connectivity index (χ4v) is 0.961. The van der Waals surface area contributed by atoms with E-state index in [4.69, 9.17) is 9.57 Å². The molecule has 0 radical (unpaired) electrons. The summed E-state index contributed by atoms with van der Waals surface area (Å²) >= 11 is 0. The maximum Gasteiger partial charge on any atom is 0.222 e. The zero-order valence-electron chi connectivity index (χ0n) is 10.3. The molecule has 0 aliphatic rings. The number of hydrogen-bond acceptors (Lipinski definition) is 5. The van der Waals surface area contributed by atoms with E-state index in [-0.39, 0.29) is 6.61 Å². The van der Waals surface area contributed by atoms with Crippen molar-refractivity contribution in [2.75, 3.05) is 26.3 Å². The van der Waals surface area contributed by atoms with Gasteiger partial charge in [-0.3, -0.25) is 0 Å². The number of ether oxygens (including phenoxy) is 1. The van der Waals surface area contributed by atoms with Crippen molar-refractivity contribution in [1.29, 1.82) is 0 Å². The number of aliphatic hydroxyl groups excluding tert-OH is 1. The van der Waals surface area contributed by atoms with Crippen LogP contribution in [0.1, 0.15) is 20.8 Å². The van der Waals surface area contributed by atoms with E-state index in [2.05, 4.69) is 17.1 Å². The molecular formula is C11H22N2O3. The topological polar surface area (TPSA) is 63.1 Å². The Hall–Kier alpha value is -1.07. The molecule has 0 fully saturated rings. The summed E-state index contributed by atoms with van der Waals surface area (Å²) < 4.78 is 5.05. The highest BCUT2D eigenvalue weighted by Gasteiger charge is 2.03. The Kier molecular flexibility index (Phi) is 8.56. The number of aliphatic hydroxyl groups is 1. The molecule has 0 amide bonds. The van der Waals surface area contributed by atoms with E-state index in [1.165, 1.54) is 0 Å². The molecule has 0 saturated heterocycles. The Labute approximate surface area is 97.1 Å². The fourth-order valence-electron chi connectivity index (χ4n) is 0.961. The summed E-state index contributed by atoms with van der Waals surface area (Å²) in [4.78, 5) is 4.92. The van der Waals surface area contributed by atoms with Gasteiger partial charge in [-0.1, -0.05) is 17.3 Å². The summed E-state index contributed by atoms with van der Waals surface area (Å²) in [6.45, 7) is 11.1. The van der Waals surface area contributed by atoms with Crippen molar-refractivity contribution in [3.8, 4) is 0 Å². The van der Waals surface area contributed by atoms with Crippen LogP contribution in [-0.2, 0) is 9.57 Å². The lowest BCUT2D eigenvalue weighted by Crippen LogP contribution is -2.30. The Morgan fingerprint density at radius 3 is 2.75 bits per heavy atom. The summed E-state index contributed by atoms with van der Waals surface area (Å²) in [7, 11) is 0. The molecule has 0 aliphatic heterocycles. The Morgan fingerprint density at radius 1 is 1.50 bits per heavy atom. The van der Waals surface area contributed by atoms with Crippen molar-refractivity contribution < 1.29 is 14.7 Å². The highest BCUT2D eigenvalue weighted by atomic mass is 16.7. The quantitative estimate of drug-likeness (QED) is 0.281. The van der Waals surface area contributed by atoms with Crippen LogP contribution in [0.5, 0.6) is 0 Å². The molecule has 0 aromatic rings. The minimum atomic E-state index is -0.586. The van der Waals surface area contributed by atoms with E-state index < -0.39 is 6.10 Å². The summed E-state index contributed by atoms with van der Waals surface area (Å²) in [5.41, 5.74) is 1.03. The number of oxime groups is 1. The molecule has 0 saturated carbocycles. The molecule has 2 N–H and O–H groups in total. The fraction of sp³-hybridized carbons (Fsp3) is 0.727. The molecule has 5 heteroatoms. The minimum Gasteiger partial charge on any atom is -0.479 e. The second-order valence-electron chi connectivity index (χ2n) is 3.58. The highest BCUT2D eigenvalue weighted by Crippen LogP contribution is 1.89. The number of rotatable bonds is 8. The lowest BCUT2D eigenvalue weighted by Gasteiger charge is -2.10. The Balaban J connectivity index is 3.53. The van der Waals surface area contributed by atoms with Crippen molar-refractivity contribution >= 4 is 5.90 Å². The predicted octanol–water partition coefficient (Wildman–Crippen LogP) is 0.899. The molecule has 0 rings (SSSR count). The third-order valence-electron chi connectivity index (χ3n) is 1.62. The van der Waals surface area contributed by atoms with Crippen LogP contribution in [0.25, 0.3) is 0 Å². The van der Waals surface area contributed by atoms with Crippen molar-refractivity contribution in [2.24, 2.45) is 5.16 Å². The van der Waals surface area contributed by atoms with Crippen molar-refractivity contribution in [1.82, 2.24) is 5.32 Å². The molecule has 94 valence electrons. The van der Waals surface area contributed by atoms with Crippen molar-refractivity contribution in [2.45, 2.75) is 26.9 Å². The number of nitrogens with one attached hydrogen (secondary N) is 1. The predicted molar refractivity (Wildman–Crippen MR) is 64.4 cm³/mol. The number of hydrogen-bond donors (Lipinski definition) is 2. The minimum absolute atomic E-state index is 0.146. The van der Waals surface area contributed by atoms with Gasteiger partial charge in [-0.05, 0) is 13.8 Å². The average molecular weight is 230 g/mol. The van der Waals surface area contributed by atoms with Gasteiger partial charge in [0.2, 0.25) is 5.90 Å². The van der Waals surface area contributed by atoms with Gasteiger partial charge in [0.25, 0.3) is 0 Å². The van der Waals surface area contributed by atoms with E-state index in [0.29, 0.717) is 25.6 Å². The zero-order valence-corrected chi connectivity index (χ0v) is 10.3. The lowest BCUT2D eigenvalue weighted by atomic mass is 10.3. The first kappa shape index (κ1) is 14.9. The molecule has 16 heavy (non-hydrogen) atoms. The molecule has 0 aliphatic carbocycles. The van der Waals surface area contributed by atoms with Gasteiger partial charge < -0.3 is 20.0 Å². The molecule has 0 aromatic heterocycles. The van der Waals surface area contributed by atoms with Gasteiger partial charge in [-0.2, -0.15) is 0 Å². The summed E-state index contributed by atoms with van der Waals surface area (Å²) in [5, 5.41) is 16.2. The van der Waals surface area contributed by atoms with Crippen LogP contribution in [0.15, 0.2) is 17.3 Å². The normalized spacial score (nSPS) is 13.4. The standard InChI is InChI=1S/C11H22N2O3/c1-5-15-10(4)13-16-8-11(14)7-12-6-9(2)3/h11-12,14H,2,5-8H2,1,3-4H3. The average Bonchev–Trinajstić information content (AvgIpc) is 2.17. The zero-order chi connectivity index (χ0) is 12.4. The SMILES string of the molecule is C=C(C)CNCC(O)CON=C(C)OCC.